The molecule has 5 rings (SSSR count). The van der Waals surface area contributed by atoms with Crippen LogP contribution in [0.3, 0.4) is 0 Å². The molecule has 1 unspecified atom stereocenters. The zero-order valence-electron chi connectivity index (χ0n) is 19.1. The van der Waals surface area contributed by atoms with E-state index in [1.165, 1.54) is 40.5 Å². The van der Waals surface area contributed by atoms with Crippen molar-refractivity contribution in [1.82, 2.24) is 4.98 Å². The van der Waals surface area contributed by atoms with E-state index >= 15 is 0 Å². The van der Waals surface area contributed by atoms with Gasteiger partial charge in [0.25, 0.3) is 5.78 Å². The van der Waals surface area contributed by atoms with Gasteiger partial charge in [0.15, 0.2) is 5.13 Å². The van der Waals surface area contributed by atoms with Gasteiger partial charge in [-0.15, -0.1) is 0 Å². The van der Waals surface area contributed by atoms with Crippen molar-refractivity contribution >= 4 is 55.7 Å². The Morgan fingerprint density at radius 1 is 1.11 bits per heavy atom. The van der Waals surface area contributed by atoms with Gasteiger partial charge < -0.3 is 9.84 Å². The lowest BCUT2D eigenvalue weighted by Gasteiger charge is -2.23. The number of carbonyl (C=O) groups excluding carboxylic acids is 2. The standard InChI is InChI=1S/C27H20ClFN2O4S/c1-2-13-35-19-10-5-16(6-11-19)24(32)22-23(15-3-8-18(29)9-4-15)31(26(34)25(22)33)27-30-20-12-7-17(28)14-21(20)36-27/h3-12,14,23,32H,2,13H2,1H3/b24-22+. The fourth-order valence-electron chi connectivity index (χ4n) is 4.06. The maximum absolute atomic E-state index is 13.7. The van der Waals surface area contributed by atoms with E-state index < -0.39 is 23.5 Å². The number of carbonyl (C=O) groups is 2. The Morgan fingerprint density at radius 2 is 1.83 bits per heavy atom. The monoisotopic (exact) mass is 522 g/mol. The van der Waals surface area contributed by atoms with Gasteiger partial charge in [-0.1, -0.05) is 42.0 Å². The number of fused-ring (bicyclic) bond motifs is 1. The van der Waals surface area contributed by atoms with Gasteiger partial charge in [-0.25, -0.2) is 9.37 Å². The third-order valence-electron chi connectivity index (χ3n) is 5.78. The van der Waals surface area contributed by atoms with Crippen LogP contribution in [0.4, 0.5) is 9.52 Å². The Bertz CT molecular complexity index is 1500. The van der Waals surface area contributed by atoms with Crippen molar-refractivity contribution in [3.8, 4) is 5.75 Å². The van der Waals surface area contributed by atoms with E-state index in [1.807, 2.05) is 6.92 Å². The summed E-state index contributed by atoms with van der Waals surface area (Å²) in [5.74, 6) is -1.87. The number of Topliss-reactive ketones (excluding diaryl/α,β-unsaturated/α-hetero) is 1. The van der Waals surface area contributed by atoms with Gasteiger partial charge in [0.05, 0.1) is 28.4 Å². The molecule has 1 atom stereocenters. The topological polar surface area (TPSA) is 79.7 Å². The molecule has 4 aromatic rings. The van der Waals surface area contributed by atoms with E-state index in [2.05, 4.69) is 4.98 Å². The highest BCUT2D eigenvalue weighted by Gasteiger charge is 2.48. The smallest absolute Gasteiger partial charge is 0.301 e. The van der Waals surface area contributed by atoms with Crippen LogP contribution in [0.1, 0.15) is 30.5 Å². The summed E-state index contributed by atoms with van der Waals surface area (Å²) in [5, 5.41) is 12.0. The van der Waals surface area contributed by atoms with Crippen molar-refractivity contribution < 1.29 is 23.8 Å². The first-order valence-corrected chi connectivity index (χ1v) is 12.4. The van der Waals surface area contributed by atoms with Crippen LogP contribution >= 0.6 is 22.9 Å². The second-order valence-electron chi connectivity index (χ2n) is 8.20. The average Bonchev–Trinajstić information content (AvgIpc) is 3.40. The molecule has 2 heterocycles. The third kappa shape index (κ3) is 4.34. The SMILES string of the molecule is CCCOc1ccc(/C(O)=C2\C(=O)C(=O)N(c3nc4ccc(Cl)cc4s3)C2c2ccc(F)cc2)cc1. The molecule has 1 fully saturated rings. The molecule has 182 valence electrons. The largest absolute Gasteiger partial charge is 0.507 e. The second kappa shape index (κ2) is 9.72. The first kappa shape index (κ1) is 24.0. The van der Waals surface area contributed by atoms with Gasteiger partial charge in [-0.2, -0.15) is 0 Å². The van der Waals surface area contributed by atoms with Gasteiger partial charge in [-0.05, 0) is 66.6 Å². The number of hydrogen-bond acceptors (Lipinski definition) is 6. The van der Waals surface area contributed by atoms with E-state index in [0.29, 0.717) is 34.0 Å². The zero-order valence-corrected chi connectivity index (χ0v) is 20.6. The van der Waals surface area contributed by atoms with Crippen molar-refractivity contribution in [2.75, 3.05) is 11.5 Å². The number of hydrogen-bond donors (Lipinski definition) is 1. The quantitative estimate of drug-likeness (QED) is 0.177. The number of aliphatic hydroxyl groups is 1. The van der Waals surface area contributed by atoms with E-state index in [0.717, 1.165) is 11.1 Å². The number of ketones is 1. The van der Waals surface area contributed by atoms with Gasteiger partial charge in [0.1, 0.15) is 17.3 Å². The van der Waals surface area contributed by atoms with E-state index in [9.17, 15) is 19.1 Å². The lowest BCUT2D eigenvalue weighted by atomic mass is 9.95. The van der Waals surface area contributed by atoms with Crippen LogP contribution in [0, 0.1) is 5.82 Å². The molecule has 3 aromatic carbocycles. The highest BCUT2D eigenvalue weighted by molar-refractivity contribution is 7.22. The Balaban J connectivity index is 1.65. The number of aliphatic hydroxyl groups excluding tert-OH is 1. The molecule has 0 bridgehead atoms. The van der Waals surface area contributed by atoms with Crippen molar-refractivity contribution in [1.29, 1.82) is 0 Å². The van der Waals surface area contributed by atoms with Gasteiger partial charge in [-0.3, -0.25) is 14.5 Å². The molecule has 1 aromatic heterocycles. The Kier molecular flexibility index (Phi) is 6.47. The number of thiazole rings is 1. The summed E-state index contributed by atoms with van der Waals surface area (Å²) in [4.78, 5) is 32.4. The summed E-state index contributed by atoms with van der Waals surface area (Å²) in [6.07, 6.45) is 0.848. The summed E-state index contributed by atoms with van der Waals surface area (Å²) in [7, 11) is 0. The molecule has 0 aliphatic carbocycles. The summed E-state index contributed by atoms with van der Waals surface area (Å²) >= 11 is 7.31. The average molecular weight is 523 g/mol. The number of halogens is 2. The Morgan fingerprint density at radius 3 is 2.53 bits per heavy atom. The van der Waals surface area contributed by atoms with Gasteiger partial charge in [0.2, 0.25) is 0 Å². The normalized spacial score (nSPS) is 17.2. The number of rotatable bonds is 6. The van der Waals surface area contributed by atoms with Crippen molar-refractivity contribution in [3.05, 3.63) is 94.3 Å². The molecule has 0 saturated carbocycles. The van der Waals surface area contributed by atoms with E-state index in [1.54, 1.807) is 42.5 Å². The first-order chi connectivity index (χ1) is 17.4. The van der Waals surface area contributed by atoms with Crippen LogP contribution in [0.15, 0.2) is 72.3 Å². The Hall–Kier alpha value is -3.75. The fraction of sp³-hybridized carbons (Fsp3) is 0.148. The molecule has 6 nitrogen and oxygen atoms in total. The molecule has 1 aliphatic heterocycles. The number of ether oxygens (including phenoxy) is 1. The predicted octanol–water partition coefficient (Wildman–Crippen LogP) is 6.50. The lowest BCUT2D eigenvalue weighted by molar-refractivity contribution is -0.132. The first-order valence-electron chi connectivity index (χ1n) is 11.2. The molecule has 1 aliphatic rings. The van der Waals surface area contributed by atoms with E-state index in [-0.39, 0.29) is 16.5 Å². The maximum atomic E-state index is 13.7. The molecule has 1 amide bonds. The number of aromatic nitrogens is 1. The number of amides is 1. The Labute approximate surface area is 215 Å². The van der Waals surface area contributed by atoms with Gasteiger partial charge in [0, 0.05) is 10.6 Å². The summed E-state index contributed by atoms with van der Waals surface area (Å²) < 4.78 is 20.1. The van der Waals surface area contributed by atoms with Crippen molar-refractivity contribution in [3.63, 3.8) is 0 Å². The molecule has 36 heavy (non-hydrogen) atoms. The van der Waals surface area contributed by atoms with Crippen molar-refractivity contribution in [2.45, 2.75) is 19.4 Å². The molecule has 0 spiro atoms. The van der Waals surface area contributed by atoms with Crippen LogP contribution in [0.5, 0.6) is 5.75 Å². The summed E-state index contributed by atoms with van der Waals surface area (Å²) in [6, 6.07) is 16.2. The minimum Gasteiger partial charge on any atom is -0.507 e. The molecular formula is C27H20ClFN2O4S. The summed E-state index contributed by atoms with van der Waals surface area (Å²) in [5.41, 5.74) is 1.31. The number of nitrogens with zero attached hydrogens (tertiary/aromatic N) is 2. The van der Waals surface area contributed by atoms with Crippen molar-refractivity contribution in [2.24, 2.45) is 0 Å². The molecule has 1 N–H and O–H groups in total. The van der Waals surface area contributed by atoms with Crippen LogP contribution in [0.25, 0.3) is 16.0 Å². The van der Waals surface area contributed by atoms with Crippen LogP contribution < -0.4 is 9.64 Å². The predicted molar refractivity (Wildman–Crippen MR) is 138 cm³/mol. The fourth-order valence-corrected chi connectivity index (χ4v) is 5.33. The lowest BCUT2D eigenvalue weighted by Crippen LogP contribution is -2.29. The highest BCUT2D eigenvalue weighted by Crippen LogP contribution is 2.44. The number of anilines is 1. The minimum absolute atomic E-state index is 0.105. The third-order valence-corrected chi connectivity index (χ3v) is 7.03. The summed E-state index contributed by atoms with van der Waals surface area (Å²) in [6.45, 7) is 2.54. The van der Waals surface area contributed by atoms with E-state index in [4.69, 9.17) is 16.3 Å². The van der Waals surface area contributed by atoms with Crippen LogP contribution in [0.2, 0.25) is 5.02 Å². The molecule has 9 heteroatoms. The highest BCUT2D eigenvalue weighted by atomic mass is 35.5. The molecule has 1 saturated heterocycles. The van der Waals surface area contributed by atoms with Crippen LogP contribution in [-0.2, 0) is 9.59 Å². The van der Waals surface area contributed by atoms with Gasteiger partial charge >= 0.3 is 5.91 Å². The second-order valence-corrected chi connectivity index (χ2v) is 9.65. The maximum Gasteiger partial charge on any atom is 0.301 e. The zero-order chi connectivity index (χ0) is 25.4. The molecular weight excluding hydrogens is 503 g/mol. The molecule has 0 radical (unpaired) electrons. The minimum atomic E-state index is -1.00. The number of benzene rings is 3. The van der Waals surface area contributed by atoms with Crippen LogP contribution in [-0.4, -0.2) is 28.4 Å².